The van der Waals surface area contributed by atoms with E-state index in [1.54, 1.807) is 23.5 Å². The molecule has 6 nitrogen and oxygen atoms in total. The molecule has 3 aromatic rings. The summed E-state index contributed by atoms with van der Waals surface area (Å²) < 4.78 is 1.58. The predicted molar refractivity (Wildman–Crippen MR) is 103 cm³/mol. The number of anilines is 1. The standard InChI is InChI=1S/C18H17N5OS2/c1-22-18(19-20-21-22)26-12-17(24)23-14-9-5-6-10-16(14)25-11-15(23)13-7-3-2-4-8-13/h2-10,15H,11-12H2,1H3/t15-/m1/s1. The molecule has 0 aliphatic carbocycles. The van der Waals surface area contributed by atoms with Gasteiger partial charge in [0.2, 0.25) is 11.1 Å². The van der Waals surface area contributed by atoms with Crippen molar-refractivity contribution in [2.75, 3.05) is 16.4 Å². The number of amides is 1. The Bertz CT molecular complexity index is 915. The maximum Gasteiger partial charge on any atom is 0.238 e. The van der Waals surface area contributed by atoms with E-state index in [1.807, 2.05) is 41.3 Å². The lowest BCUT2D eigenvalue weighted by molar-refractivity contribution is -0.116. The first-order valence-corrected chi connectivity index (χ1v) is 10.1. The van der Waals surface area contributed by atoms with Gasteiger partial charge in [-0.1, -0.05) is 54.2 Å². The molecule has 1 atom stereocenters. The number of nitrogens with zero attached hydrogens (tertiary/aromatic N) is 5. The lowest BCUT2D eigenvalue weighted by Gasteiger charge is -2.37. The van der Waals surface area contributed by atoms with Crippen LogP contribution in [0.3, 0.4) is 0 Å². The molecule has 0 saturated heterocycles. The third kappa shape index (κ3) is 3.34. The minimum Gasteiger partial charge on any atom is -0.302 e. The van der Waals surface area contributed by atoms with Crippen molar-refractivity contribution in [2.24, 2.45) is 7.05 Å². The first-order valence-electron chi connectivity index (χ1n) is 8.18. The highest BCUT2D eigenvalue weighted by atomic mass is 32.2. The molecule has 0 unspecified atom stereocenters. The second-order valence-corrected chi connectivity index (χ2v) is 7.85. The topological polar surface area (TPSA) is 63.9 Å². The van der Waals surface area contributed by atoms with Crippen LogP contribution in [0, 0.1) is 0 Å². The molecule has 1 amide bonds. The van der Waals surface area contributed by atoms with Gasteiger partial charge in [0.1, 0.15) is 0 Å². The van der Waals surface area contributed by atoms with Crippen molar-refractivity contribution in [3.05, 3.63) is 60.2 Å². The average molecular weight is 384 g/mol. The van der Waals surface area contributed by atoms with Crippen molar-refractivity contribution in [1.82, 2.24) is 20.2 Å². The molecule has 2 heterocycles. The Morgan fingerprint density at radius 1 is 1.19 bits per heavy atom. The highest BCUT2D eigenvalue weighted by Crippen LogP contribution is 2.43. The molecule has 1 aliphatic rings. The number of thioether (sulfide) groups is 2. The molecule has 26 heavy (non-hydrogen) atoms. The molecular weight excluding hydrogens is 366 g/mol. The van der Waals surface area contributed by atoms with Gasteiger partial charge in [-0.2, -0.15) is 0 Å². The van der Waals surface area contributed by atoms with Crippen LogP contribution in [0.15, 0.2) is 64.6 Å². The van der Waals surface area contributed by atoms with Gasteiger partial charge in [0.25, 0.3) is 0 Å². The molecule has 8 heteroatoms. The number of carbonyl (C=O) groups is 1. The number of carbonyl (C=O) groups excluding carboxylic acids is 1. The molecule has 0 saturated carbocycles. The molecule has 0 fully saturated rings. The smallest absolute Gasteiger partial charge is 0.238 e. The van der Waals surface area contributed by atoms with E-state index in [4.69, 9.17) is 0 Å². The largest absolute Gasteiger partial charge is 0.302 e. The first-order chi connectivity index (χ1) is 12.7. The maximum absolute atomic E-state index is 13.2. The Morgan fingerprint density at radius 3 is 2.73 bits per heavy atom. The highest BCUT2D eigenvalue weighted by molar-refractivity contribution is 8.00. The van der Waals surface area contributed by atoms with E-state index in [-0.39, 0.29) is 17.7 Å². The van der Waals surface area contributed by atoms with Crippen molar-refractivity contribution in [3.8, 4) is 0 Å². The third-order valence-electron chi connectivity index (χ3n) is 4.19. The lowest BCUT2D eigenvalue weighted by atomic mass is 10.1. The van der Waals surface area contributed by atoms with Gasteiger partial charge in [-0.05, 0) is 28.1 Å². The number of fused-ring (bicyclic) bond motifs is 1. The number of benzene rings is 2. The van der Waals surface area contributed by atoms with Gasteiger partial charge in [0.15, 0.2) is 0 Å². The van der Waals surface area contributed by atoms with Crippen molar-refractivity contribution in [2.45, 2.75) is 16.1 Å². The number of aryl methyl sites for hydroxylation is 1. The van der Waals surface area contributed by atoms with E-state index < -0.39 is 0 Å². The Morgan fingerprint density at radius 2 is 1.96 bits per heavy atom. The zero-order chi connectivity index (χ0) is 17.9. The Balaban J connectivity index is 1.64. The number of rotatable bonds is 4. The summed E-state index contributed by atoms with van der Waals surface area (Å²) in [6.07, 6.45) is 0. The molecule has 2 aromatic carbocycles. The summed E-state index contributed by atoms with van der Waals surface area (Å²) in [7, 11) is 1.77. The van der Waals surface area contributed by atoms with Crippen LogP contribution in [-0.4, -0.2) is 37.6 Å². The molecule has 1 aliphatic heterocycles. The van der Waals surface area contributed by atoms with E-state index in [0.717, 1.165) is 21.9 Å². The SMILES string of the molecule is Cn1nnnc1SCC(=O)N1c2ccccc2SC[C@@H]1c1ccccc1. The zero-order valence-corrected chi connectivity index (χ0v) is 15.8. The van der Waals surface area contributed by atoms with Crippen molar-refractivity contribution in [1.29, 1.82) is 0 Å². The second-order valence-electron chi connectivity index (χ2n) is 5.84. The van der Waals surface area contributed by atoms with Crippen LogP contribution in [0.1, 0.15) is 11.6 Å². The van der Waals surface area contributed by atoms with Crippen LogP contribution in [0.4, 0.5) is 5.69 Å². The van der Waals surface area contributed by atoms with Gasteiger partial charge in [-0.3, -0.25) is 4.79 Å². The van der Waals surface area contributed by atoms with Gasteiger partial charge in [0.05, 0.1) is 17.5 Å². The van der Waals surface area contributed by atoms with Crippen LogP contribution in [0.25, 0.3) is 0 Å². The van der Waals surface area contributed by atoms with Gasteiger partial charge < -0.3 is 4.90 Å². The molecule has 0 radical (unpaired) electrons. The number of tetrazole rings is 1. The van der Waals surface area contributed by atoms with Gasteiger partial charge in [0, 0.05) is 17.7 Å². The summed E-state index contributed by atoms with van der Waals surface area (Å²) in [5.41, 5.74) is 2.12. The van der Waals surface area contributed by atoms with Crippen molar-refractivity contribution in [3.63, 3.8) is 0 Å². The van der Waals surface area contributed by atoms with E-state index in [0.29, 0.717) is 5.16 Å². The summed E-state index contributed by atoms with van der Waals surface area (Å²) in [5.74, 6) is 1.18. The fraction of sp³-hybridized carbons (Fsp3) is 0.222. The predicted octanol–water partition coefficient (Wildman–Crippen LogP) is 3.18. The zero-order valence-electron chi connectivity index (χ0n) is 14.1. The van der Waals surface area contributed by atoms with E-state index >= 15 is 0 Å². The fourth-order valence-corrected chi connectivity index (χ4v) is 4.83. The normalized spacial score (nSPS) is 16.3. The number of aromatic nitrogens is 4. The molecule has 4 rings (SSSR count). The number of hydrogen-bond donors (Lipinski definition) is 0. The van der Waals surface area contributed by atoms with Crippen molar-refractivity contribution >= 4 is 35.1 Å². The summed E-state index contributed by atoms with van der Waals surface area (Å²) >= 11 is 3.15. The average Bonchev–Trinajstić information content (AvgIpc) is 3.10. The number of para-hydroxylation sites is 1. The van der Waals surface area contributed by atoms with Gasteiger partial charge in [-0.15, -0.1) is 16.9 Å². The van der Waals surface area contributed by atoms with Crippen molar-refractivity contribution < 1.29 is 4.79 Å². The second kappa shape index (κ2) is 7.51. The molecule has 0 N–H and O–H groups in total. The molecule has 0 bridgehead atoms. The molecular formula is C18H17N5OS2. The molecule has 0 spiro atoms. The Labute approximate surface area is 160 Å². The van der Waals surface area contributed by atoms with Crippen LogP contribution in [0.5, 0.6) is 0 Å². The maximum atomic E-state index is 13.2. The molecule has 132 valence electrons. The minimum absolute atomic E-state index is 0.0156. The van der Waals surface area contributed by atoms with E-state index in [1.165, 1.54) is 11.8 Å². The number of hydrogen-bond acceptors (Lipinski definition) is 6. The van der Waals surface area contributed by atoms with Gasteiger partial charge >= 0.3 is 0 Å². The monoisotopic (exact) mass is 383 g/mol. The molecule has 1 aromatic heterocycles. The summed E-state index contributed by atoms with van der Waals surface area (Å²) in [6.45, 7) is 0. The highest BCUT2D eigenvalue weighted by Gasteiger charge is 2.32. The minimum atomic E-state index is 0.0156. The first kappa shape index (κ1) is 17.1. The Kier molecular flexibility index (Phi) is 4.94. The quantitative estimate of drug-likeness (QED) is 0.645. The fourth-order valence-electron chi connectivity index (χ4n) is 2.96. The summed E-state index contributed by atoms with van der Waals surface area (Å²) in [4.78, 5) is 16.2. The van der Waals surface area contributed by atoms with Crippen LogP contribution in [0.2, 0.25) is 0 Å². The van der Waals surface area contributed by atoms with Crippen LogP contribution < -0.4 is 4.90 Å². The lowest BCUT2D eigenvalue weighted by Crippen LogP contribution is -2.39. The van der Waals surface area contributed by atoms with Gasteiger partial charge in [-0.25, -0.2) is 4.68 Å². The van der Waals surface area contributed by atoms with Crippen LogP contribution >= 0.6 is 23.5 Å². The Hall–Kier alpha value is -2.32. The third-order valence-corrected chi connectivity index (χ3v) is 6.33. The van der Waals surface area contributed by atoms with E-state index in [2.05, 4.69) is 33.7 Å². The van der Waals surface area contributed by atoms with Crippen LogP contribution in [-0.2, 0) is 11.8 Å². The van der Waals surface area contributed by atoms with E-state index in [9.17, 15) is 4.79 Å². The summed E-state index contributed by atoms with van der Waals surface area (Å²) in [5, 5.41) is 12.0. The summed E-state index contributed by atoms with van der Waals surface area (Å²) in [6, 6.07) is 18.3.